The fourth-order valence-corrected chi connectivity index (χ4v) is 0.922. The van der Waals surface area contributed by atoms with Crippen molar-refractivity contribution in [2.75, 3.05) is 20.8 Å². The maximum atomic E-state index is 11.8. The van der Waals surface area contributed by atoms with Gasteiger partial charge in [-0.1, -0.05) is 20.8 Å². The molecule has 0 spiro atoms. The zero-order chi connectivity index (χ0) is 13.6. The van der Waals surface area contributed by atoms with Gasteiger partial charge in [0, 0.05) is 18.5 Å². The number of nitrogens with zero attached hydrogens (tertiary/aromatic N) is 1. The van der Waals surface area contributed by atoms with E-state index in [1.165, 1.54) is 18.2 Å². The number of rotatable bonds is 5. The summed E-state index contributed by atoms with van der Waals surface area (Å²) in [6, 6.07) is 0. The van der Waals surface area contributed by atoms with Crippen molar-refractivity contribution in [2.45, 2.75) is 27.7 Å². The van der Waals surface area contributed by atoms with E-state index in [9.17, 15) is 9.59 Å². The van der Waals surface area contributed by atoms with Gasteiger partial charge in [-0.25, -0.2) is 4.79 Å². The lowest BCUT2D eigenvalue weighted by Crippen LogP contribution is -2.27. The maximum absolute atomic E-state index is 11.8. The minimum Gasteiger partial charge on any atom is -0.461 e. The number of carbonyl (C=O) groups excluding carboxylic acids is 2. The number of carbonyl (C=O) groups is 2. The number of hydrogen-bond acceptors (Lipinski definition) is 5. The first-order valence-electron chi connectivity index (χ1n) is 5.45. The van der Waals surface area contributed by atoms with Gasteiger partial charge in [-0.3, -0.25) is 14.7 Å². The molecule has 98 valence electrons. The van der Waals surface area contributed by atoms with E-state index < -0.39 is 11.4 Å². The van der Waals surface area contributed by atoms with Crippen LogP contribution < -0.4 is 0 Å². The van der Waals surface area contributed by atoms with Crippen molar-refractivity contribution in [1.82, 2.24) is 5.06 Å². The molecule has 17 heavy (non-hydrogen) atoms. The molecule has 0 radical (unpaired) electrons. The molecule has 0 bridgehead atoms. The number of hydrogen-bond donors (Lipinski definition) is 0. The highest BCUT2D eigenvalue weighted by Gasteiger charge is 2.24. The molecular weight excluding hydrogens is 222 g/mol. The van der Waals surface area contributed by atoms with Gasteiger partial charge in [0.05, 0.1) is 13.7 Å². The van der Waals surface area contributed by atoms with E-state index in [4.69, 9.17) is 9.57 Å². The van der Waals surface area contributed by atoms with Crippen molar-refractivity contribution in [3.63, 3.8) is 0 Å². The molecule has 0 aromatic rings. The Morgan fingerprint density at radius 2 is 1.82 bits per heavy atom. The first-order valence-corrected chi connectivity index (χ1v) is 5.45. The topological polar surface area (TPSA) is 55.8 Å². The van der Waals surface area contributed by atoms with Crippen LogP contribution in [0.15, 0.2) is 11.8 Å². The van der Waals surface area contributed by atoms with Gasteiger partial charge in [-0.2, -0.15) is 0 Å². The molecule has 5 nitrogen and oxygen atoms in total. The maximum Gasteiger partial charge on any atom is 0.357 e. The first kappa shape index (κ1) is 15.6. The molecule has 0 fully saturated rings. The Labute approximate surface area is 102 Å². The van der Waals surface area contributed by atoms with Crippen LogP contribution in [0.3, 0.4) is 0 Å². The summed E-state index contributed by atoms with van der Waals surface area (Å²) >= 11 is 0. The Hall–Kier alpha value is -1.36. The fraction of sp³-hybridized carbons (Fsp3) is 0.667. The van der Waals surface area contributed by atoms with E-state index in [-0.39, 0.29) is 18.1 Å². The van der Waals surface area contributed by atoms with Crippen molar-refractivity contribution < 1.29 is 19.2 Å². The molecule has 0 saturated heterocycles. The van der Waals surface area contributed by atoms with Crippen LogP contribution in [0.1, 0.15) is 27.7 Å². The average Bonchev–Trinajstić information content (AvgIpc) is 2.23. The SMILES string of the molecule is CCOC(=O)/C(=C/C(=O)C(C)(C)C)N(C)OC. The van der Waals surface area contributed by atoms with Crippen molar-refractivity contribution >= 4 is 11.8 Å². The third-order valence-electron chi connectivity index (χ3n) is 2.10. The van der Waals surface area contributed by atoms with Gasteiger partial charge < -0.3 is 4.74 Å². The van der Waals surface area contributed by atoms with Crippen LogP contribution in [-0.2, 0) is 19.2 Å². The number of allylic oxidation sites excluding steroid dienone is 1. The Balaban J connectivity index is 5.12. The van der Waals surface area contributed by atoms with Crippen LogP contribution in [0.2, 0.25) is 0 Å². The minimum absolute atomic E-state index is 0.0919. The molecule has 0 heterocycles. The second-order valence-corrected chi connectivity index (χ2v) is 4.54. The predicted molar refractivity (Wildman–Crippen MR) is 64.0 cm³/mol. The summed E-state index contributed by atoms with van der Waals surface area (Å²) in [5.41, 5.74) is -0.457. The van der Waals surface area contributed by atoms with Crippen LogP contribution >= 0.6 is 0 Å². The number of ketones is 1. The van der Waals surface area contributed by atoms with Crippen molar-refractivity contribution in [3.05, 3.63) is 11.8 Å². The summed E-state index contributed by atoms with van der Waals surface area (Å²) in [5.74, 6) is -0.737. The summed E-state index contributed by atoms with van der Waals surface area (Å²) in [4.78, 5) is 28.4. The molecule has 0 rings (SSSR count). The molecule has 0 aliphatic rings. The van der Waals surface area contributed by atoms with E-state index in [1.54, 1.807) is 34.7 Å². The quantitative estimate of drug-likeness (QED) is 0.416. The van der Waals surface area contributed by atoms with Crippen LogP contribution in [0.5, 0.6) is 0 Å². The van der Waals surface area contributed by atoms with E-state index in [1.807, 2.05) is 0 Å². The van der Waals surface area contributed by atoms with Crippen LogP contribution in [0.4, 0.5) is 0 Å². The minimum atomic E-state index is -0.575. The lowest BCUT2D eigenvalue weighted by Gasteiger charge is -2.20. The molecule has 0 unspecified atom stereocenters. The lowest BCUT2D eigenvalue weighted by molar-refractivity contribution is -0.150. The van der Waals surface area contributed by atoms with Gasteiger partial charge in [-0.05, 0) is 6.92 Å². The number of hydroxylamine groups is 2. The summed E-state index contributed by atoms with van der Waals surface area (Å²) in [6.07, 6.45) is 1.25. The summed E-state index contributed by atoms with van der Waals surface area (Å²) in [6.45, 7) is 7.29. The standard InChI is InChI=1S/C12H21NO4/c1-7-17-11(15)9(13(5)16-6)8-10(14)12(2,3)4/h8H,7H2,1-6H3/b9-8-. The smallest absolute Gasteiger partial charge is 0.357 e. The van der Waals surface area contributed by atoms with Gasteiger partial charge in [0.2, 0.25) is 0 Å². The van der Waals surface area contributed by atoms with Gasteiger partial charge in [0.25, 0.3) is 0 Å². The monoisotopic (exact) mass is 243 g/mol. The zero-order valence-corrected chi connectivity index (χ0v) is 11.4. The zero-order valence-electron chi connectivity index (χ0n) is 11.4. The molecular formula is C12H21NO4. The lowest BCUT2D eigenvalue weighted by atomic mass is 9.90. The molecule has 0 aliphatic carbocycles. The molecule has 0 atom stereocenters. The van der Waals surface area contributed by atoms with Gasteiger partial charge in [0.1, 0.15) is 0 Å². The predicted octanol–water partition coefficient (Wildman–Crippen LogP) is 1.54. The highest BCUT2D eigenvalue weighted by atomic mass is 16.7. The number of likely N-dealkylation sites (N-methyl/N-ethyl adjacent to an activating group) is 1. The van der Waals surface area contributed by atoms with E-state index in [2.05, 4.69) is 0 Å². The molecule has 0 amide bonds. The molecule has 0 N–H and O–H groups in total. The van der Waals surface area contributed by atoms with E-state index in [0.717, 1.165) is 0 Å². The molecule has 5 heteroatoms. The average molecular weight is 243 g/mol. The van der Waals surface area contributed by atoms with Crippen molar-refractivity contribution in [2.24, 2.45) is 5.41 Å². The van der Waals surface area contributed by atoms with E-state index in [0.29, 0.717) is 0 Å². The van der Waals surface area contributed by atoms with E-state index >= 15 is 0 Å². The van der Waals surface area contributed by atoms with Crippen LogP contribution in [-0.4, -0.2) is 37.6 Å². The largest absolute Gasteiger partial charge is 0.461 e. The van der Waals surface area contributed by atoms with Crippen molar-refractivity contribution in [1.29, 1.82) is 0 Å². The van der Waals surface area contributed by atoms with Crippen LogP contribution in [0.25, 0.3) is 0 Å². The fourth-order valence-electron chi connectivity index (χ4n) is 0.922. The third-order valence-corrected chi connectivity index (χ3v) is 2.10. The van der Waals surface area contributed by atoms with Crippen LogP contribution in [0, 0.1) is 5.41 Å². The Morgan fingerprint density at radius 1 is 1.29 bits per heavy atom. The normalized spacial score (nSPS) is 12.2. The number of esters is 1. The molecule has 0 aliphatic heterocycles. The third kappa shape index (κ3) is 4.99. The Kier molecular flexibility index (Phi) is 5.88. The number of ether oxygens (including phenoxy) is 1. The summed E-state index contributed by atoms with van der Waals surface area (Å²) in [5, 5.41) is 1.21. The first-order chi connectivity index (χ1) is 7.73. The van der Waals surface area contributed by atoms with Crippen molar-refractivity contribution in [3.8, 4) is 0 Å². The van der Waals surface area contributed by atoms with Gasteiger partial charge in [0.15, 0.2) is 11.5 Å². The second kappa shape index (κ2) is 6.39. The molecule has 0 saturated carbocycles. The van der Waals surface area contributed by atoms with Gasteiger partial charge in [-0.15, -0.1) is 0 Å². The summed E-state index contributed by atoms with van der Waals surface area (Å²) in [7, 11) is 2.95. The highest BCUT2D eigenvalue weighted by Crippen LogP contribution is 2.17. The summed E-state index contributed by atoms with van der Waals surface area (Å²) < 4.78 is 4.86. The second-order valence-electron chi connectivity index (χ2n) is 4.54. The van der Waals surface area contributed by atoms with Gasteiger partial charge >= 0.3 is 5.97 Å². The Bertz CT molecular complexity index is 315. The molecule has 0 aromatic carbocycles. The Morgan fingerprint density at radius 3 is 2.18 bits per heavy atom. The molecule has 0 aromatic heterocycles. The highest BCUT2D eigenvalue weighted by molar-refractivity contribution is 6.01.